The second kappa shape index (κ2) is 12.2. The number of aldehydes is 1. The molecule has 2 aromatic heterocycles. The molecule has 0 saturated heterocycles. The van der Waals surface area contributed by atoms with E-state index in [0.29, 0.717) is 17.8 Å². The van der Waals surface area contributed by atoms with E-state index in [4.69, 9.17) is 14.5 Å². The van der Waals surface area contributed by atoms with Crippen LogP contribution in [0.3, 0.4) is 0 Å². The Kier molecular flexibility index (Phi) is 8.44. The predicted octanol–water partition coefficient (Wildman–Crippen LogP) is 9.16. The number of para-hydroxylation sites is 2. The molecule has 1 saturated carbocycles. The average Bonchev–Trinajstić information content (AvgIpc) is 3.36. The molecule has 40 heavy (non-hydrogen) atoms. The Labute approximate surface area is 247 Å². The molecule has 0 unspecified atom stereocenters. The molecule has 1 aliphatic carbocycles. The number of nitrogens with zero attached hydrogens (tertiary/aromatic N) is 1. The number of carbonyl (C=O) groups is 1. The van der Waals surface area contributed by atoms with Crippen molar-refractivity contribution < 1.29 is 34.4 Å². The zero-order valence-corrected chi connectivity index (χ0v) is 24.7. The minimum absolute atomic E-state index is 0. The van der Waals surface area contributed by atoms with Crippen LogP contribution in [0.5, 0.6) is 5.75 Å². The van der Waals surface area contributed by atoms with Crippen molar-refractivity contribution in [3.63, 3.8) is 0 Å². The Morgan fingerprint density at radius 3 is 2.27 bits per heavy atom. The van der Waals surface area contributed by atoms with E-state index in [2.05, 4.69) is 61.7 Å². The van der Waals surface area contributed by atoms with Gasteiger partial charge in [-0.3, -0.25) is 4.79 Å². The minimum Gasteiger partial charge on any atom is -0.507 e. The Morgan fingerprint density at radius 2 is 1.55 bits per heavy atom. The van der Waals surface area contributed by atoms with Gasteiger partial charge >= 0.3 is 0 Å². The van der Waals surface area contributed by atoms with Gasteiger partial charge in [0, 0.05) is 31.7 Å². The summed E-state index contributed by atoms with van der Waals surface area (Å²) in [5, 5.41) is 13.7. The van der Waals surface area contributed by atoms with Crippen LogP contribution in [-0.2, 0) is 20.1 Å². The van der Waals surface area contributed by atoms with E-state index in [9.17, 15) is 4.79 Å². The molecule has 0 spiro atoms. The van der Waals surface area contributed by atoms with Crippen LogP contribution in [0.2, 0.25) is 0 Å². The van der Waals surface area contributed by atoms with E-state index < -0.39 is 0 Å². The van der Waals surface area contributed by atoms with Gasteiger partial charge in [-0.1, -0.05) is 91.7 Å². The second-order valence-electron chi connectivity index (χ2n) is 10.3. The number of benzene rings is 4. The molecule has 0 bridgehead atoms. The third kappa shape index (κ3) is 5.32. The fourth-order valence-electron chi connectivity index (χ4n) is 5.81. The van der Waals surface area contributed by atoms with E-state index in [0.717, 1.165) is 38.8 Å². The van der Waals surface area contributed by atoms with Gasteiger partial charge in [-0.2, -0.15) is 0 Å². The van der Waals surface area contributed by atoms with E-state index in [1.165, 1.54) is 54.5 Å². The topological polar surface area (TPSA) is 63.3 Å². The van der Waals surface area contributed by atoms with Gasteiger partial charge in [0.15, 0.2) is 6.29 Å². The number of fused-ring (bicyclic) bond motifs is 4. The standard InChI is InChI=1S/C28H24NO.C7H6O2.Ir/c1-18-15-23-21-12-7-8-14-26(21)30-28(23)24(16-18)27-22-13-6-5-11-20(22)25(17-29-27)19-9-3-2-4-10-19;8-5-6-3-1-2-4-7(6)9;/h5-8,11-15,17,19H,2-4,9-10H2,1H3;1-5,9H;/q-1;;. The fraction of sp³-hybridized carbons (Fsp3) is 0.200. The van der Waals surface area contributed by atoms with Crippen molar-refractivity contribution in [1.82, 2.24) is 4.98 Å². The summed E-state index contributed by atoms with van der Waals surface area (Å²) in [5.74, 6) is 0.658. The third-order valence-electron chi connectivity index (χ3n) is 7.72. The number of aromatic hydroxyl groups is 1. The molecular formula is C35H30IrNO3-. The van der Waals surface area contributed by atoms with Gasteiger partial charge in [0.25, 0.3) is 0 Å². The number of hydrogen-bond acceptors (Lipinski definition) is 4. The summed E-state index contributed by atoms with van der Waals surface area (Å²) in [6, 6.07) is 29.1. The molecule has 1 fully saturated rings. The maximum Gasteiger partial charge on any atom is 0.153 e. The molecule has 1 radical (unpaired) electrons. The number of pyridine rings is 1. The first-order chi connectivity index (χ1) is 19.1. The van der Waals surface area contributed by atoms with E-state index in [1.807, 2.05) is 12.1 Å². The van der Waals surface area contributed by atoms with Gasteiger partial charge in [-0.15, -0.1) is 17.7 Å². The molecule has 0 amide bonds. The van der Waals surface area contributed by atoms with Gasteiger partial charge in [0.1, 0.15) is 11.3 Å². The maximum atomic E-state index is 10.1. The zero-order valence-electron chi connectivity index (χ0n) is 22.3. The van der Waals surface area contributed by atoms with Crippen molar-refractivity contribution in [3.8, 4) is 17.0 Å². The van der Waals surface area contributed by atoms with Crippen LogP contribution in [0.15, 0.2) is 89.5 Å². The third-order valence-corrected chi connectivity index (χ3v) is 7.72. The van der Waals surface area contributed by atoms with Crippen molar-refractivity contribution in [2.75, 3.05) is 0 Å². The quantitative estimate of drug-likeness (QED) is 0.148. The minimum atomic E-state index is 0. The van der Waals surface area contributed by atoms with Gasteiger partial charge in [0.2, 0.25) is 0 Å². The van der Waals surface area contributed by atoms with Crippen LogP contribution in [0, 0.1) is 13.0 Å². The molecule has 0 atom stereocenters. The summed E-state index contributed by atoms with van der Waals surface area (Å²) < 4.78 is 6.32. The van der Waals surface area contributed by atoms with Crippen LogP contribution in [-0.4, -0.2) is 16.4 Å². The van der Waals surface area contributed by atoms with Crippen molar-refractivity contribution in [2.45, 2.75) is 44.9 Å². The molecule has 4 nitrogen and oxygen atoms in total. The van der Waals surface area contributed by atoms with Gasteiger partial charge < -0.3 is 14.5 Å². The Hall–Kier alpha value is -3.79. The summed E-state index contributed by atoms with van der Waals surface area (Å²) >= 11 is 0. The summed E-state index contributed by atoms with van der Waals surface area (Å²) in [6.07, 6.45) is 9.30. The smallest absolute Gasteiger partial charge is 0.153 e. The average molecular weight is 705 g/mol. The SMILES string of the molecule is Cc1[c-]c(-c2ncc(C3CCCCC3)c3ccccc23)c2oc3ccccc3c2c1.O=Cc1ccccc1O.[Ir]. The van der Waals surface area contributed by atoms with Gasteiger partial charge in [-0.05, 0) is 59.0 Å². The molecule has 6 aromatic rings. The first kappa shape index (κ1) is 27.8. The normalized spacial score (nSPS) is 13.5. The van der Waals surface area contributed by atoms with Crippen molar-refractivity contribution in [3.05, 3.63) is 108 Å². The Bertz CT molecular complexity index is 1800. The van der Waals surface area contributed by atoms with Crippen LogP contribution in [0.25, 0.3) is 44.0 Å². The van der Waals surface area contributed by atoms with Crippen LogP contribution in [0.1, 0.15) is 59.5 Å². The zero-order chi connectivity index (χ0) is 26.8. The second-order valence-corrected chi connectivity index (χ2v) is 10.3. The van der Waals surface area contributed by atoms with Crippen molar-refractivity contribution in [2.24, 2.45) is 0 Å². The molecule has 4 aromatic carbocycles. The van der Waals surface area contributed by atoms with E-state index >= 15 is 0 Å². The predicted molar refractivity (Wildman–Crippen MR) is 157 cm³/mol. The first-order valence-electron chi connectivity index (χ1n) is 13.6. The molecule has 5 heteroatoms. The number of phenols is 1. The monoisotopic (exact) mass is 705 g/mol. The summed E-state index contributed by atoms with van der Waals surface area (Å²) in [4.78, 5) is 15.1. The van der Waals surface area contributed by atoms with Crippen LogP contribution < -0.4 is 0 Å². The molecular weight excluding hydrogens is 675 g/mol. The number of furan rings is 1. The summed E-state index contributed by atoms with van der Waals surface area (Å²) in [6.45, 7) is 2.10. The molecule has 2 heterocycles. The van der Waals surface area contributed by atoms with Crippen LogP contribution >= 0.6 is 0 Å². The molecule has 7 rings (SSSR count). The van der Waals surface area contributed by atoms with E-state index in [-0.39, 0.29) is 25.9 Å². The number of carbonyl (C=O) groups excluding carboxylic acids is 1. The molecule has 1 aliphatic rings. The first-order valence-corrected chi connectivity index (χ1v) is 13.6. The van der Waals surface area contributed by atoms with Gasteiger partial charge in [-0.25, -0.2) is 0 Å². The molecule has 1 N–H and O–H groups in total. The van der Waals surface area contributed by atoms with Crippen molar-refractivity contribution >= 4 is 39.0 Å². The summed E-state index contributed by atoms with van der Waals surface area (Å²) in [5.41, 5.74) is 6.57. The largest absolute Gasteiger partial charge is 0.507 e. The molecule has 0 aliphatic heterocycles. The van der Waals surface area contributed by atoms with Gasteiger partial charge in [0.05, 0.1) is 11.1 Å². The Morgan fingerprint density at radius 1 is 0.875 bits per heavy atom. The van der Waals surface area contributed by atoms with E-state index in [1.54, 1.807) is 18.2 Å². The number of rotatable bonds is 3. The maximum absolute atomic E-state index is 10.1. The van der Waals surface area contributed by atoms with Crippen molar-refractivity contribution in [1.29, 1.82) is 0 Å². The number of aryl methyl sites for hydroxylation is 1. The number of aromatic nitrogens is 1. The molecule has 203 valence electrons. The Balaban J connectivity index is 0.000000278. The fourth-order valence-corrected chi connectivity index (χ4v) is 5.81. The van der Waals surface area contributed by atoms with Crippen LogP contribution in [0.4, 0.5) is 0 Å². The number of phenolic OH excluding ortho intramolecular Hbond substituents is 1. The number of hydrogen-bond donors (Lipinski definition) is 1. The summed E-state index contributed by atoms with van der Waals surface area (Å²) in [7, 11) is 0.